The number of aliphatic hydroxyl groups is 1. The molecule has 0 spiro atoms. The smallest absolute Gasteiger partial charge is 0.102 e. The van der Waals surface area contributed by atoms with Crippen LogP contribution in [0, 0.1) is 0 Å². The van der Waals surface area contributed by atoms with E-state index in [2.05, 4.69) is 5.32 Å². The zero-order chi connectivity index (χ0) is 8.04. The Labute approximate surface area is 61.4 Å². The van der Waals surface area contributed by atoms with Crippen LogP contribution in [-0.4, -0.2) is 30.5 Å². The summed E-state index contributed by atoms with van der Waals surface area (Å²) in [6, 6.07) is 0. The Hall–Kier alpha value is -0.150. The van der Waals surface area contributed by atoms with Gasteiger partial charge < -0.3 is 10.4 Å². The fourth-order valence-corrected chi connectivity index (χ4v) is 0.642. The molecule has 2 N–H and O–H groups in total. The minimum atomic E-state index is -0.379. The molecule has 0 saturated carbocycles. The summed E-state index contributed by atoms with van der Waals surface area (Å²) in [5.41, 5.74) is -0.300. The number of hydrogen-bond acceptors (Lipinski definition) is 2. The highest BCUT2D eigenvalue weighted by Crippen LogP contribution is 2.06. The Morgan fingerprint density at radius 1 is 1.60 bits per heavy atom. The average Bonchev–Trinajstić information content (AvgIpc) is 2.00. The summed E-state index contributed by atoms with van der Waals surface area (Å²) in [6.45, 7) is 3.84. The van der Waals surface area contributed by atoms with Gasteiger partial charge in [0.15, 0.2) is 0 Å². The van der Waals surface area contributed by atoms with Gasteiger partial charge in [-0.05, 0) is 13.3 Å². The normalized spacial score (nSPS) is 16.8. The standard InChI is InChI=1S/C7H16FNO/c1-3-7(2,6-10)9-5-4-8/h9-10H,3-6H2,1-2H3. The first-order chi connectivity index (χ1) is 4.68. The number of alkyl halides is 1. The molecule has 0 bridgehead atoms. The van der Waals surface area contributed by atoms with Crippen molar-refractivity contribution in [2.75, 3.05) is 19.8 Å². The zero-order valence-electron chi connectivity index (χ0n) is 6.65. The van der Waals surface area contributed by atoms with Crippen molar-refractivity contribution in [3.63, 3.8) is 0 Å². The molecule has 2 nitrogen and oxygen atoms in total. The molecule has 0 aliphatic carbocycles. The minimum Gasteiger partial charge on any atom is -0.394 e. The van der Waals surface area contributed by atoms with Crippen LogP contribution < -0.4 is 5.32 Å². The van der Waals surface area contributed by atoms with Crippen molar-refractivity contribution in [3.8, 4) is 0 Å². The van der Waals surface area contributed by atoms with Crippen molar-refractivity contribution in [2.45, 2.75) is 25.8 Å². The van der Waals surface area contributed by atoms with Crippen molar-refractivity contribution < 1.29 is 9.50 Å². The van der Waals surface area contributed by atoms with Gasteiger partial charge in [-0.2, -0.15) is 0 Å². The SMILES string of the molecule is CCC(C)(CO)NCCF. The third kappa shape index (κ3) is 3.13. The van der Waals surface area contributed by atoms with Crippen LogP contribution >= 0.6 is 0 Å². The van der Waals surface area contributed by atoms with E-state index < -0.39 is 0 Å². The van der Waals surface area contributed by atoms with Gasteiger partial charge in [-0.15, -0.1) is 0 Å². The lowest BCUT2D eigenvalue weighted by atomic mass is 10.0. The van der Waals surface area contributed by atoms with Crippen molar-refractivity contribution in [2.24, 2.45) is 0 Å². The third-order valence-electron chi connectivity index (χ3n) is 1.78. The Morgan fingerprint density at radius 3 is 2.50 bits per heavy atom. The van der Waals surface area contributed by atoms with Crippen molar-refractivity contribution in [1.82, 2.24) is 5.32 Å². The van der Waals surface area contributed by atoms with Crippen LogP contribution in [0.3, 0.4) is 0 Å². The topological polar surface area (TPSA) is 32.3 Å². The Kier molecular flexibility index (Phi) is 4.56. The fourth-order valence-electron chi connectivity index (χ4n) is 0.642. The monoisotopic (exact) mass is 149 g/mol. The molecule has 1 unspecified atom stereocenters. The largest absolute Gasteiger partial charge is 0.394 e. The second-order valence-corrected chi connectivity index (χ2v) is 2.69. The van der Waals surface area contributed by atoms with Gasteiger partial charge in [0.05, 0.1) is 6.61 Å². The summed E-state index contributed by atoms with van der Waals surface area (Å²) >= 11 is 0. The van der Waals surface area contributed by atoms with Gasteiger partial charge in [-0.1, -0.05) is 6.92 Å². The molecule has 3 heteroatoms. The predicted octanol–water partition coefficient (Wildman–Crippen LogP) is 0.707. The minimum absolute atomic E-state index is 0.0590. The van der Waals surface area contributed by atoms with Crippen LogP contribution in [0.15, 0.2) is 0 Å². The summed E-state index contributed by atoms with van der Waals surface area (Å²) in [7, 11) is 0. The van der Waals surface area contributed by atoms with Crippen molar-refractivity contribution in [1.29, 1.82) is 0 Å². The summed E-state index contributed by atoms with van der Waals surface area (Å²) < 4.78 is 11.7. The molecule has 0 fully saturated rings. The van der Waals surface area contributed by atoms with Crippen molar-refractivity contribution >= 4 is 0 Å². The second kappa shape index (κ2) is 4.63. The first-order valence-corrected chi connectivity index (χ1v) is 3.60. The summed E-state index contributed by atoms with van der Waals surface area (Å²) in [6.07, 6.45) is 0.809. The van der Waals surface area contributed by atoms with Gasteiger partial charge in [0, 0.05) is 12.1 Å². The molecule has 0 aromatic heterocycles. The molecule has 0 aliphatic rings. The first kappa shape index (κ1) is 9.85. The van der Waals surface area contributed by atoms with Crippen LogP contribution in [0.5, 0.6) is 0 Å². The maximum atomic E-state index is 11.7. The lowest BCUT2D eigenvalue weighted by Gasteiger charge is -2.26. The van der Waals surface area contributed by atoms with E-state index in [0.29, 0.717) is 6.54 Å². The van der Waals surface area contributed by atoms with E-state index in [1.807, 2.05) is 13.8 Å². The van der Waals surface area contributed by atoms with Gasteiger partial charge in [-0.25, -0.2) is 4.39 Å². The molecule has 62 valence electrons. The predicted molar refractivity (Wildman–Crippen MR) is 39.8 cm³/mol. The van der Waals surface area contributed by atoms with Crippen LogP contribution in [-0.2, 0) is 0 Å². The quantitative estimate of drug-likeness (QED) is 0.603. The van der Waals surface area contributed by atoms with E-state index >= 15 is 0 Å². The van der Waals surface area contributed by atoms with E-state index in [-0.39, 0.29) is 18.8 Å². The summed E-state index contributed by atoms with van der Waals surface area (Å²) in [5, 5.41) is 11.7. The Morgan fingerprint density at radius 2 is 2.20 bits per heavy atom. The van der Waals surface area contributed by atoms with E-state index in [4.69, 9.17) is 5.11 Å². The summed E-state index contributed by atoms with van der Waals surface area (Å²) in [5.74, 6) is 0. The zero-order valence-corrected chi connectivity index (χ0v) is 6.65. The molecule has 0 amide bonds. The average molecular weight is 149 g/mol. The molecule has 0 aromatic rings. The first-order valence-electron chi connectivity index (χ1n) is 3.60. The Balaban J connectivity index is 3.58. The maximum Gasteiger partial charge on any atom is 0.102 e. The van der Waals surface area contributed by atoms with E-state index in [1.54, 1.807) is 0 Å². The fraction of sp³-hybridized carbons (Fsp3) is 1.00. The molecule has 10 heavy (non-hydrogen) atoms. The van der Waals surface area contributed by atoms with E-state index in [0.717, 1.165) is 6.42 Å². The molecule has 1 atom stereocenters. The number of nitrogens with one attached hydrogen (secondary N) is 1. The molecular formula is C7H16FNO. The van der Waals surface area contributed by atoms with Gasteiger partial charge in [0.25, 0.3) is 0 Å². The third-order valence-corrected chi connectivity index (χ3v) is 1.78. The number of hydrogen-bond donors (Lipinski definition) is 2. The van der Waals surface area contributed by atoms with Crippen LogP contribution in [0.2, 0.25) is 0 Å². The molecule has 0 heterocycles. The Bertz CT molecular complexity index is 83.7. The lowest BCUT2D eigenvalue weighted by Crippen LogP contribution is -2.45. The number of aliphatic hydroxyl groups excluding tert-OH is 1. The highest BCUT2D eigenvalue weighted by Gasteiger charge is 2.18. The van der Waals surface area contributed by atoms with E-state index in [1.165, 1.54) is 0 Å². The summed E-state index contributed by atoms with van der Waals surface area (Å²) in [4.78, 5) is 0. The highest BCUT2D eigenvalue weighted by molar-refractivity contribution is 4.79. The second-order valence-electron chi connectivity index (χ2n) is 2.69. The van der Waals surface area contributed by atoms with E-state index in [9.17, 15) is 4.39 Å². The van der Waals surface area contributed by atoms with Crippen LogP contribution in [0.1, 0.15) is 20.3 Å². The van der Waals surface area contributed by atoms with Gasteiger partial charge >= 0.3 is 0 Å². The number of rotatable bonds is 5. The maximum absolute atomic E-state index is 11.7. The molecule has 0 aliphatic heterocycles. The lowest BCUT2D eigenvalue weighted by molar-refractivity contribution is 0.168. The van der Waals surface area contributed by atoms with Gasteiger partial charge in [-0.3, -0.25) is 0 Å². The molecular weight excluding hydrogens is 133 g/mol. The van der Waals surface area contributed by atoms with Crippen LogP contribution in [0.25, 0.3) is 0 Å². The van der Waals surface area contributed by atoms with Gasteiger partial charge in [0.1, 0.15) is 6.67 Å². The molecule has 0 aromatic carbocycles. The van der Waals surface area contributed by atoms with Gasteiger partial charge in [0.2, 0.25) is 0 Å². The molecule has 0 rings (SSSR count). The number of halogens is 1. The van der Waals surface area contributed by atoms with Crippen molar-refractivity contribution in [3.05, 3.63) is 0 Å². The molecule has 0 radical (unpaired) electrons. The van der Waals surface area contributed by atoms with Crippen LogP contribution in [0.4, 0.5) is 4.39 Å². The molecule has 0 saturated heterocycles. The highest BCUT2D eigenvalue weighted by atomic mass is 19.1.